The summed E-state index contributed by atoms with van der Waals surface area (Å²) < 4.78 is 14.3. The molecule has 1 unspecified atom stereocenters. The van der Waals surface area contributed by atoms with E-state index in [4.69, 9.17) is 4.42 Å². The van der Waals surface area contributed by atoms with E-state index >= 15 is 0 Å². The van der Waals surface area contributed by atoms with Gasteiger partial charge in [0, 0.05) is 18.7 Å². The Labute approximate surface area is 163 Å². The Kier molecular flexibility index (Phi) is 4.17. The van der Waals surface area contributed by atoms with E-state index in [9.17, 15) is 4.79 Å². The molecule has 27 heavy (non-hydrogen) atoms. The van der Waals surface area contributed by atoms with Crippen molar-refractivity contribution in [2.24, 2.45) is 0 Å². The minimum atomic E-state index is 0.00703. The smallest absolute Gasteiger partial charge is 0.257 e. The van der Waals surface area contributed by atoms with Crippen LogP contribution in [0.3, 0.4) is 0 Å². The summed E-state index contributed by atoms with van der Waals surface area (Å²) in [5, 5.41) is 10.4. The van der Waals surface area contributed by atoms with E-state index in [-0.39, 0.29) is 11.8 Å². The molecule has 0 N–H and O–H groups in total. The van der Waals surface area contributed by atoms with Crippen molar-refractivity contribution in [1.29, 1.82) is 0 Å². The van der Waals surface area contributed by atoms with Crippen LogP contribution in [0.2, 0.25) is 0 Å². The van der Waals surface area contributed by atoms with Crippen molar-refractivity contribution >= 4 is 40.0 Å². The van der Waals surface area contributed by atoms with E-state index in [0.29, 0.717) is 23.9 Å². The third-order valence-electron chi connectivity index (χ3n) is 4.73. The number of nitrogens with zero attached hydrogens (tertiary/aromatic N) is 5. The standard InChI is InChI=1S/C18H15N5O2S2/c24-18(11-5-6-13-14(9-11)22-27-21-13)23-7-1-3-12(10-23)16-19-20-17(25-16)15-4-2-8-26-15/h2,4-6,8-9,12H,1,3,7,10H2. The highest BCUT2D eigenvalue weighted by atomic mass is 32.1. The maximum atomic E-state index is 13.0. The van der Waals surface area contributed by atoms with E-state index in [0.717, 1.165) is 47.0 Å². The third-order valence-corrected chi connectivity index (χ3v) is 6.15. The first-order valence-electron chi connectivity index (χ1n) is 8.67. The number of aromatic nitrogens is 4. The first-order valence-corrected chi connectivity index (χ1v) is 10.3. The van der Waals surface area contributed by atoms with Crippen LogP contribution in [0, 0.1) is 0 Å². The molecule has 1 fully saturated rings. The minimum absolute atomic E-state index is 0.00703. The van der Waals surface area contributed by atoms with E-state index < -0.39 is 0 Å². The Morgan fingerprint density at radius 2 is 2.11 bits per heavy atom. The third kappa shape index (κ3) is 3.13. The average molecular weight is 397 g/mol. The molecule has 1 saturated heterocycles. The molecule has 1 aliphatic heterocycles. The van der Waals surface area contributed by atoms with Crippen molar-refractivity contribution in [3.63, 3.8) is 0 Å². The van der Waals surface area contributed by atoms with Crippen molar-refractivity contribution in [1.82, 2.24) is 23.8 Å². The topological polar surface area (TPSA) is 85.0 Å². The Bertz CT molecular complexity index is 1090. The maximum absolute atomic E-state index is 13.0. The molecule has 0 aliphatic carbocycles. The van der Waals surface area contributed by atoms with E-state index in [2.05, 4.69) is 18.9 Å². The molecule has 0 bridgehead atoms. The molecule has 4 heterocycles. The van der Waals surface area contributed by atoms with Crippen LogP contribution in [0.25, 0.3) is 21.8 Å². The van der Waals surface area contributed by atoms with Gasteiger partial charge in [0.25, 0.3) is 11.8 Å². The number of carbonyl (C=O) groups excluding carboxylic acids is 1. The predicted octanol–water partition coefficient (Wildman–Crippen LogP) is 3.82. The van der Waals surface area contributed by atoms with Gasteiger partial charge < -0.3 is 9.32 Å². The molecule has 1 amide bonds. The van der Waals surface area contributed by atoms with Crippen LogP contribution >= 0.6 is 23.1 Å². The van der Waals surface area contributed by atoms with Crippen molar-refractivity contribution < 1.29 is 9.21 Å². The lowest BCUT2D eigenvalue weighted by Crippen LogP contribution is -2.39. The van der Waals surface area contributed by atoms with Crippen molar-refractivity contribution in [3.8, 4) is 10.8 Å². The van der Waals surface area contributed by atoms with Gasteiger partial charge in [-0.3, -0.25) is 4.79 Å². The van der Waals surface area contributed by atoms with Crippen molar-refractivity contribution in [2.75, 3.05) is 13.1 Å². The quantitative estimate of drug-likeness (QED) is 0.522. The summed E-state index contributed by atoms with van der Waals surface area (Å²) in [7, 11) is 0. The molecular weight excluding hydrogens is 382 g/mol. The van der Waals surface area contributed by atoms with Gasteiger partial charge in [0.2, 0.25) is 5.89 Å². The molecule has 7 nitrogen and oxygen atoms in total. The van der Waals surface area contributed by atoms with Gasteiger partial charge in [-0.1, -0.05) is 6.07 Å². The highest BCUT2D eigenvalue weighted by Gasteiger charge is 2.29. The molecule has 5 rings (SSSR count). The van der Waals surface area contributed by atoms with Crippen LogP contribution in [0.5, 0.6) is 0 Å². The molecule has 1 atom stereocenters. The molecule has 0 saturated carbocycles. The number of likely N-dealkylation sites (tertiary alicyclic amines) is 1. The second-order valence-corrected chi connectivity index (χ2v) is 7.96. The highest BCUT2D eigenvalue weighted by molar-refractivity contribution is 7.13. The summed E-state index contributed by atoms with van der Waals surface area (Å²) in [4.78, 5) is 15.8. The SMILES string of the molecule is O=C(c1ccc2nsnc2c1)N1CCCC(c2nnc(-c3cccs3)o2)C1. The number of benzene rings is 1. The fourth-order valence-electron chi connectivity index (χ4n) is 3.36. The first-order chi connectivity index (χ1) is 13.3. The maximum Gasteiger partial charge on any atom is 0.257 e. The highest BCUT2D eigenvalue weighted by Crippen LogP contribution is 2.30. The number of hydrogen-bond acceptors (Lipinski definition) is 8. The summed E-state index contributed by atoms with van der Waals surface area (Å²) in [6.45, 7) is 1.31. The first kappa shape index (κ1) is 16.5. The lowest BCUT2D eigenvalue weighted by Gasteiger charge is -2.31. The molecule has 9 heteroatoms. The van der Waals surface area contributed by atoms with Crippen LogP contribution in [-0.4, -0.2) is 42.8 Å². The van der Waals surface area contributed by atoms with Gasteiger partial charge in [-0.05, 0) is 42.5 Å². The lowest BCUT2D eigenvalue weighted by atomic mass is 9.97. The predicted molar refractivity (Wildman–Crippen MR) is 103 cm³/mol. The van der Waals surface area contributed by atoms with Gasteiger partial charge in [0.05, 0.1) is 22.5 Å². The Balaban J connectivity index is 1.35. The summed E-state index contributed by atoms with van der Waals surface area (Å²) in [6, 6.07) is 9.39. The molecule has 4 aromatic rings. The number of rotatable bonds is 3. The van der Waals surface area contributed by atoms with Gasteiger partial charge >= 0.3 is 0 Å². The summed E-state index contributed by atoms with van der Waals surface area (Å²) in [6.07, 6.45) is 1.85. The minimum Gasteiger partial charge on any atom is -0.420 e. The molecule has 3 aromatic heterocycles. The zero-order valence-corrected chi connectivity index (χ0v) is 15.9. The number of thiophene rings is 1. The number of amides is 1. The molecular formula is C18H15N5O2S2. The number of carbonyl (C=O) groups is 1. The molecule has 1 aliphatic rings. The molecule has 136 valence electrons. The summed E-state index contributed by atoms with van der Waals surface area (Å²) in [5.74, 6) is 1.22. The van der Waals surface area contributed by atoms with E-state index in [1.54, 1.807) is 11.3 Å². The summed E-state index contributed by atoms with van der Waals surface area (Å²) >= 11 is 2.73. The van der Waals surface area contributed by atoms with Gasteiger partial charge in [-0.2, -0.15) is 8.75 Å². The van der Waals surface area contributed by atoms with Gasteiger partial charge in [0.15, 0.2) is 0 Å². The normalized spacial score (nSPS) is 17.5. The fourth-order valence-corrected chi connectivity index (χ4v) is 4.52. The molecule has 1 aromatic carbocycles. The lowest BCUT2D eigenvalue weighted by molar-refractivity contribution is 0.0698. The second kappa shape index (κ2) is 6.82. The van der Waals surface area contributed by atoms with Crippen LogP contribution in [0.1, 0.15) is 35.0 Å². The van der Waals surface area contributed by atoms with Crippen LogP contribution < -0.4 is 0 Å². The van der Waals surface area contributed by atoms with Gasteiger partial charge in [-0.15, -0.1) is 21.5 Å². The van der Waals surface area contributed by atoms with Gasteiger partial charge in [0.1, 0.15) is 11.0 Å². The zero-order chi connectivity index (χ0) is 18.2. The fraction of sp³-hybridized carbons (Fsp3) is 0.278. The Morgan fingerprint density at radius 3 is 3.00 bits per heavy atom. The van der Waals surface area contributed by atoms with Crippen molar-refractivity contribution in [2.45, 2.75) is 18.8 Å². The molecule has 0 radical (unpaired) electrons. The largest absolute Gasteiger partial charge is 0.420 e. The number of hydrogen-bond donors (Lipinski definition) is 0. The zero-order valence-electron chi connectivity index (χ0n) is 14.2. The van der Waals surface area contributed by atoms with Crippen LogP contribution in [-0.2, 0) is 0 Å². The van der Waals surface area contributed by atoms with E-state index in [1.807, 2.05) is 40.6 Å². The van der Waals surface area contributed by atoms with E-state index in [1.165, 1.54) is 0 Å². The monoisotopic (exact) mass is 397 g/mol. The number of piperidine rings is 1. The van der Waals surface area contributed by atoms with Crippen molar-refractivity contribution in [3.05, 3.63) is 47.2 Å². The summed E-state index contributed by atoms with van der Waals surface area (Å²) in [5.41, 5.74) is 2.22. The average Bonchev–Trinajstić information content (AvgIpc) is 3.47. The van der Waals surface area contributed by atoms with Crippen LogP contribution in [0.4, 0.5) is 0 Å². The van der Waals surface area contributed by atoms with Crippen LogP contribution in [0.15, 0.2) is 40.1 Å². The Morgan fingerprint density at radius 1 is 1.19 bits per heavy atom. The number of fused-ring (bicyclic) bond motifs is 1. The Hall–Kier alpha value is -2.65. The molecule has 0 spiro atoms. The second-order valence-electron chi connectivity index (χ2n) is 6.48. The van der Waals surface area contributed by atoms with Gasteiger partial charge in [-0.25, -0.2) is 0 Å².